The maximum Gasteiger partial charge on any atom is 0.119 e. The molecule has 19 heavy (non-hydrogen) atoms. The fourth-order valence-electron chi connectivity index (χ4n) is 3.00. The van der Waals surface area contributed by atoms with Crippen molar-refractivity contribution >= 4 is 0 Å². The standard InChI is InChI=1S/C17H27NO/c1-3-4-6-13-17(16-12-9-14-18(16)2)19-15-10-7-5-8-11-15/h5,7-8,10-11,16-17H,3-4,6,9,12-14H2,1-2H3. The Morgan fingerprint density at radius 1 is 1.26 bits per heavy atom. The lowest BCUT2D eigenvalue weighted by molar-refractivity contribution is 0.0971. The van der Waals surface area contributed by atoms with Crippen molar-refractivity contribution < 1.29 is 4.74 Å². The van der Waals surface area contributed by atoms with Crippen molar-refractivity contribution in [2.24, 2.45) is 0 Å². The second kappa shape index (κ2) is 7.54. The molecule has 0 aliphatic carbocycles. The number of benzene rings is 1. The van der Waals surface area contributed by atoms with E-state index < -0.39 is 0 Å². The van der Waals surface area contributed by atoms with Crippen molar-refractivity contribution in [2.75, 3.05) is 13.6 Å². The van der Waals surface area contributed by atoms with Crippen molar-refractivity contribution in [1.29, 1.82) is 0 Å². The summed E-state index contributed by atoms with van der Waals surface area (Å²) in [4.78, 5) is 2.47. The van der Waals surface area contributed by atoms with Gasteiger partial charge in [-0.15, -0.1) is 0 Å². The van der Waals surface area contributed by atoms with Crippen LogP contribution in [0.1, 0.15) is 45.4 Å². The first kappa shape index (κ1) is 14.4. The van der Waals surface area contributed by atoms with Crippen molar-refractivity contribution in [1.82, 2.24) is 4.90 Å². The molecule has 1 aromatic rings. The predicted molar refractivity (Wildman–Crippen MR) is 80.7 cm³/mol. The number of ether oxygens (including phenoxy) is 1. The van der Waals surface area contributed by atoms with Crippen LogP contribution in [0.4, 0.5) is 0 Å². The summed E-state index contributed by atoms with van der Waals surface area (Å²) in [5, 5.41) is 0. The lowest BCUT2D eigenvalue weighted by Crippen LogP contribution is -2.40. The molecule has 0 aromatic heterocycles. The predicted octanol–water partition coefficient (Wildman–Crippen LogP) is 4.11. The average molecular weight is 261 g/mol. The fourth-order valence-corrected chi connectivity index (χ4v) is 3.00. The second-order valence-corrected chi connectivity index (χ2v) is 5.66. The Morgan fingerprint density at radius 2 is 2.05 bits per heavy atom. The van der Waals surface area contributed by atoms with Crippen LogP contribution in [-0.2, 0) is 0 Å². The minimum atomic E-state index is 0.349. The smallest absolute Gasteiger partial charge is 0.119 e. The first-order valence-electron chi connectivity index (χ1n) is 7.73. The van der Waals surface area contributed by atoms with Crippen LogP contribution in [0.25, 0.3) is 0 Å². The van der Waals surface area contributed by atoms with Gasteiger partial charge < -0.3 is 4.74 Å². The SMILES string of the molecule is CCCCCC(Oc1ccccc1)C1CCCN1C. The van der Waals surface area contributed by atoms with Crippen molar-refractivity contribution in [3.05, 3.63) is 30.3 Å². The van der Waals surface area contributed by atoms with E-state index in [4.69, 9.17) is 4.74 Å². The minimum absolute atomic E-state index is 0.349. The average Bonchev–Trinajstić information content (AvgIpc) is 2.85. The zero-order valence-corrected chi connectivity index (χ0v) is 12.3. The summed E-state index contributed by atoms with van der Waals surface area (Å²) < 4.78 is 6.27. The van der Waals surface area contributed by atoms with Crippen LogP contribution >= 0.6 is 0 Å². The van der Waals surface area contributed by atoms with Gasteiger partial charge in [-0.2, -0.15) is 0 Å². The van der Waals surface area contributed by atoms with E-state index in [9.17, 15) is 0 Å². The Hall–Kier alpha value is -1.02. The normalized spacial score (nSPS) is 21.5. The molecule has 0 amide bonds. The molecule has 1 aliphatic heterocycles. The van der Waals surface area contributed by atoms with Crippen LogP contribution in [-0.4, -0.2) is 30.6 Å². The largest absolute Gasteiger partial charge is 0.489 e. The Morgan fingerprint density at radius 3 is 2.68 bits per heavy atom. The number of likely N-dealkylation sites (tertiary alicyclic amines) is 1. The molecule has 1 aromatic carbocycles. The van der Waals surface area contributed by atoms with Gasteiger partial charge in [-0.3, -0.25) is 4.90 Å². The number of nitrogens with zero attached hydrogens (tertiary/aromatic N) is 1. The number of hydrogen-bond donors (Lipinski definition) is 0. The first-order valence-corrected chi connectivity index (χ1v) is 7.73. The molecule has 0 radical (unpaired) electrons. The van der Waals surface area contributed by atoms with Gasteiger partial charge in [-0.05, 0) is 51.4 Å². The Labute approximate surface area is 117 Å². The maximum absolute atomic E-state index is 6.27. The van der Waals surface area contributed by atoms with E-state index in [-0.39, 0.29) is 0 Å². The molecule has 106 valence electrons. The maximum atomic E-state index is 6.27. The van der Waals surface area contributed by atoms with E-state index >= 15 is 0 Å². The summed E-state index contributed by atoms with van der Waals surface area (Å²) in [7, 11) is 2.23. The van der Waals surface area contributed by atoms with Crippen LogP contribution in [0, 0.1) is 0 Å². The Bertz CT molecular complexity index is 352. The third-order valence-electron chi connectivity index (χ3n) is 4.13. The van der Waals surface area contributed by atoms with E-state index in [2.05, 4.69) is 43.1 Å². The molecular formula is C17H27NO. The van der Waals surface area contributed by atoms with Crippen molar-refractivity contribution in [2.45, 2.75) is 57.6 Å². The molecule has 0 spiro atoms. The van der Waals surface area contributed by atoms with Gasteiger partial charge in [-0.1, -0.05) is 38.0 Å². The van der Waals surface area contributed by atoms with Gasteiger partial charge in [0.05, 0.1) is 0 Å². The molecule has 1 aliphatic rings. The highest BCUT2D eigenvalue weighted by Crippen LogP contribution is 2.25. The second-order valence-electron chi connectivity index (χ2n) is 5.66. The molecule has 1 fully saturated rings. The van der Waals surface area contributed by atoms with Gasteiger partial charge in [0, 0.05) is 6.04 Å². The molecule has 1 heterocycles. The molecule has 0 saturated carbocycles. The highest BCUT2D eigenvalue weighted by molar-refractivity contribution is 5.21. The number of unbranched alkanes of at least 4 members (excludes halogenated alkanes) is 2. The van der Waals surface area contributed by atoms with Gasteiger partial charge in [0.2, 0.25) is 0 Å². The van der Waals surface area contributed by atoms with Crippen molar-refractivity contribution in [3.8, 4) is 5.75 Å². The number of hydrogen-bond acceptors (Lipinski definition) is 2. The monoisotopic (exact) mass is 261 g/mol. The topological polar surface area (TPSA) is 12.5 Å². The zero-order valence-electron chi connectivity index (χ0n) is 12.3. The zero-order chi connectivity index (χ0) is 13.5. The highest BCUT2D eigenvalue weighted by Gasteiger charge is 2.30. The molecule has 2 unspecified atom stereocenters. The number of para-hydroxylation sites is 1. The van der Waals surface area contributed by atoms with Crippen LogP contribution < -0.4 is 4.74 Å². The van der Waals surface area contributed by atoms with Gasteiger partial charge in [0.1, 0.15) is 11.9 Å². The molecule has 2 rings (SSSR count). The summed E-state index contributed by atoms with van der Waals surface area (Å²) in [5.74, 6) is 1.02. The molecule has 0 bridgehead atoms. The van der Waals surface area contributed by atoms with Crippen LogP contribution in [0.3, 0.4) is 0 Å². The van der Waals surface area contributed by atoms with Gasteiger partial charge in [0.25, 0.3) is 0 Å². The third-order valence-corrected chi connectivity index (χ3v) is 4.13. The summed E-state index contributed by atoms with van der Waals surface area (Å²) in [6.45, 7) is 3.47. The number of rotatable bonds is 7. The van der Waals surface area contributed by atoms with Crippen LogP contribution in [0.15, 0.2) is 30.3 Å². The van der Waals surface area contributed by atoms with Crippen LogP contribution in [0.5, 0.6) is 5.75 Å². The first-order chi connectivity index (χ1) is 9.31. The lowest BCUT2D eigenvalue weighted by atomic mass is 10.0. The molecule has 1 saturated heterocycles. The molecular weight excluding hydrogens is 234 g/mol. The Kier molecular flexibility index (Phi) is 5.71. The van der Waals surface area contributed by atoms with E-state index in [0.29, 0.717) is 12.1 Å². The van der Waals surface area contributed by atoms with Crippen LogP contribution in [0.2, 0.25) is 0 Å². The quantitative estimate of drug-likeness (QED) is 0.685. The fraction of sp³-hybridized carbons (Fsp3) is 0.647. The van der Waals surface area contributed by atoms with Gasteiger partial charge in [-0.25, -0.2) is 0 Å². The van der Waals surface area contributed by atoms with E-state index in [1.165, 1.54) is 45.1 Å². The Balaban J connectivity index is 1.97. The van der Waals surface area contributed by atoms with E-state index in [0.717, 1.165) is 5.75 Å². The molecule has 2 atom stereocenters. The van der Waals surface area contributed by atoms with Gasteiger partial charge in [0.15, 0.2) is 0 Å². The van der Waals surface area contributed by atoms with E-state index in [1.54, 1.807) is 0 Å². The number of likely N-dealkylation sites (N-methyl/N-ethyl adjacent to an activating group) is 1. The third kappa shape index (κ3) is 4.24. The van der Waals surface area contributed by atoms with Gasteiger partial charge >= 0.3 is 0 Å². The minimum Gasteiger partial charge on any atom is -0.489 e. The summed E-state index contributed by atoms with van der Waals surface area (Å²) in [6, 6.07) is 10.9. The molecule has 2 heteroatoms. The molecule has 0 N–H and O–H groups in total. The summed E-state index contributed by atoms with van der Waals surface area (Å²) in [5.41, 5.74) is 0. The summed E-state index contributed by atoms with van der Waals surface area (Å²) in [6.07, 6.45) is 7.98. The highest BCUT2D eigenvalue weighted by atomic mass is 16.5. The lowest BCUT2D eigenvalue weighted by Gasteiger charge is -2.29. The van der Waals surface area contributed by atoms with Crippen molar-refractivity contribution in [3.63, 3.8) is 0 Å². The summed E-state index contributed by atoms with van der Waals surface area (Å²) >= 11 is 0. The molecule has 2 nitrogen and oxygen atoms in total. The van der Waals surface area contributed by atoms with E-state index in [1.807, 2.05) is 6.07 Å².